The fraction of sp³-hybridized carbons (Fsp3) is 0.667. The Bertz CT molecular complexity index is 578. The van der Waals surface area contributed by atoms with Gasteiger partial charge in [-0.05, 0) is 77.1 Å². The zero-order valence-corrected chi connectivity index (χ0v) is 17.7. The van der Waals surface area contributed by atoms with Crippen LogP contribution < -0.4 is 15.4 Å². The van der Waals surface area contributed by atoms with Crippen LogP contribution in [0.5, 0.6) is 5.75 Å². The molecule has 1 fully saturated rings. The number of halogens is 1. The number of ether oxygens (including phenoxy) is 1. The van der Waals surface area contributed by atoms with Gasteiger partial charge in [-0.15, -0.1) is 12.4 Å². The van der Waals surface area contributed by atoms with Crippen LogP contribution in [0.1, 0.15) is 58.1 Å². The Morgan fingerprint density at radius 3 is 2.73 bits per heavy atom. The molecule has 0 saturated carbocycles. The van der Waals surface area contributed by atoms with E-state index in [1.807, 2.05) is 32.9 Å². The van der Waals surface area contributed by atoms with Gasteiger partial charge in [0.15, 0.2) is 0 Å². The predicted octanol–water partition coefficient (Wildman–Crippen LogP) is 4.24. The Morgan fingerprint density at radius 1 is 1.38 bits per heavy atom. The molecule has 2 atom stereocenters. The maximum absolute atomic E-state index is 12.4. The summed E-state index contributed by atoms with van der Waals surface area (Å²) in [7, 11) is 0. The first-order chi connectivity index (χ1) is 11.7. The zero-order chi connectivity index (χ0) is 18.4. The number of nitrogens with one attached hydrogen (secondary N) is 2. The highest BCUT2D eigenvalue weighted by Gasteiger charge is 2.22. The number of benzene rings is 1. The van der Waals surface area contributed by atoms with Crippen molar-refractivity contribution in [3.8, 4) is 5.75 Å². The van der Waals surface area contributed by atoms with Gasteiger partial charge in [0.25, 0.3) is 0 Å². The maximum atomic E-state index is 12.4. The van der Waals surface area contributed by atoms with Crippen LogP contribution in [0.3, 0.4) is 0 Å². The lowest BCUT2D eigenvalue weighted by Crippen LogP contribution is -2.35. The molecule has 1 aliphatic heterocycles. The van der Waals surface area contributed by atoms with E-state index in [9.17, 15) is 4.79 Å². The summed E-state index contributed by atoms with van der Waals surface area (Å²) in [5.41, 5.74) is 1.93. The molecule has 5 heteroatoms. The zero-order valence-electron chi connectivity index (χ0n) is 16.9. The van der Waals surface area contributed by atoms with Crippen LogP contribution in [-0.4, -0.2) is 24.6 Å². The second kappa shape index (κ2) is 10.2. The van der Waals surface area contributed by atoms with Crippen molar-refractivity contribution in [3.05, 3.63) is 29.3 Å². The van der Waals surface area contributed by atoms with E-state index in [4.69, 9.17) is 4.74 Å². The van der Waals surface area contributed by atoms with E-state index in [2.05, 4.69) is 30.5 Å². The molecule has 0 spiro atoms. The highest BCUT2D eigenvalue weighted by Crippen LogP contribution is 2.25. The van der Waals surface area contributed by atoms with E-state index < -0.39 is 0 Å². The van der Waals surface area contributed by atoms with Gasteiger partial charge in [-0.2, -0.15) is 0 Å². The molecule has 1 amide bonds. The van der Waals surface area contributed by atoms with E-state index in [0.717, 1.165) is 30.0 Å². The normalized spacial score (nSPS) is 18.6. The molecule has 2 unspecified atom stereocenters. The van der Waals surface area contributed by atoms with Crippen molar-refractivity contribution >= 4 is 18.3 Å². The topological polar surface area (TPSA) is 50.4 Å². The highest BCUT2D eigenvalue weighted by molar-refractivity contribution is 5.85. The summed E-state index contributed by atoms with van der Waals surface area (Å²) in [5.74, 6) is 2.01. The summed E-state index contributed by atoms with van der Waals surface area (Å²) < 4.78 is 6.06. The van der Waals surface area contributed by atoms with Gasteiger partial charge in [0, 0.05) is 18.5 Å². The minimum Gasteiger partial charge on any atom is -0.488 e. The average Bonchev–Trinajstić information content (AvgIpc) is 2.53. The van der Waals surface area contributed by atoms with Crippen molar-refractivity contribution in [2.75, 3.05) is 13.1 Å². The minimum atomic E-state index is -0.255. The Morgan fingerprint density at radius 2 is 2.12 bits per heavy atom. The first-order valence-electron chi connectivity index (χ1n) is 9.50. The van der Waals surface area contributed by atoms with E-state index in [-0.39, 0.29) is 23.9 Å². The molecule has 4 nitrogen and oxygen atoms in total. The second-order valence-electron chi connectivity index (χ2n) is 8.39. The fourth-order valence-corrected chi connectivity index (χ4v) is 3.32. The Labute approximate surface area is 164 Å². The predicted molar refractivity (Wildman–Crippen MR) is 110 cm³/mol. The Hall–Kier alpha value is -1.26. The molecular formula is C21H35ClN2O2. The molecule has 1 saturated heterocycles. The third-order valence-corrected chi connectivity index (χ3v) is 4.76. The lowest BCUT2D eigenvalue weighted by molar-refractivity contribution is -0.122. The van der Waals surface area contributed by atoms with Crippen molar-refractivity contribution < 1.29 is 9.53 Å². The van der Waals surface area contributed by atoms with Gasteiger partial charge in [0.05, 0.1) is 0 Å². The number of hydrogen-bond acceptors (Lipinski definition) is 3. The smallest absolute Gasteiger partial charge is 0.220 e. The van der Waals surface area contributed by atoms with Crippen LogP contribution in [0.25, 0.3) is 0 Å². The van der Waals surface area contributed by atoms with Gasteiger partial charge in [-0.1, -0.05) is 19.1 Å². The van der Waals surface area contributed by atoms with Crippen LogP contribution in [0.2, 0.25) is 0 Å². The number of piperidine rings is 1. The number of hydrogen-bond donors (Lipinski definition) is 2. The summed E-state index contributed by atoms with van der Waals surface area (Å²) in [4.78, 5) is 12.4. The number of rotatable bonds is 6. The fourth-order valence-electron chi connectivity index (χ4n) is 3.32. The monoisotopic (exact) mass is 382 g/mol. The first kappa shape index (κ1) is 22.8. The van der Waals surface area contributed by atoms with Crippen LogP contribution in [0, 0.1) is 18.8 Å². The third-order valence-electron chi connectivity index (χ3n) is 4.76. The largest absolute Gasteiger partial charge is 0.488 e. The van der Waals surface area contributed by atoms with Gasteiger partial charge >= 0.3 is 0 Å². The lowest BCUT2D eigenvalue weighted by Gasteiger charge is -2.28. The molecule has 2 rings (SSSR count). The average molecular weight is 383 g/mol. The van der Waals surface area contributed by atoms with Gasteiger partial charge in [0.2, 0.25) is 5.91 Å². The highest BCUT2D eigenvalue weighted by atomic mass is 35.5. The van der Waals surface area contributed by atoms with Gasteiger partial charge in [-0.3, -0.25) is 4.79 Å². The summed E-state index contributed by atoms with van der Waals surface area (Å²) in [6, 6.07) is 6.15. The van der Waals surface area contributed by atoms with Crippen LogP contribution in [0.15, 0.2) is 18.2 Å². The van der Waals surface area contributed by atoms with Crippen molar-refractivity contribution in [2.24, 2.45) is 11.8 Å². The molecule has 0 aromatic heterocycles. The Kier molecular flexibility index (Phi) is 8.91. The van der Waals surface area contributed by atoms with Gasteiger partial charge < -0.3 is 15.4 Å². The van der Waals surface area contributed by atoms with Crippen molar-refractivity contribution in [3.63, 3.8) is 0 Å². The van der Waals surface area contributed by atoms with E-state index in [1.165, 1.54) is 12.8 Å². The van der Waals surface area contributed by atoms with Gasteiger partial charge in [0.1, 0.15) is 11.4 Å². The summed E-state index contributed by atoms with van der Waals surface area (Å²) in [6.07, 6.45) is 3.03. The maximum Gasteiger partial charge on any atom is 0.220 e. The number of carbonyl (C=O) groups is 1. The van der Waals surface area contributed by atoms with E-state index in [0.29, 0.717) is 24.8 Å². The molecule has 1 aromatic carbocycles. The molecule has 2 N–H and O–H groups in total. The van der Waals surface area contributed by atoms with Crippen LogP contribution >= 0.6 is 12.4 Å². The molecule has 26 heavy (non-hydrogen) atoms. The lowest BCUT2D eigenvalue weighted by atomic mass is 9.85. The van der Waals surface area contributed by atoms with E-state index >= 15 is 0 Å². The molecule has 1 aliphatic rings. The molecule has 0 radical (unpaired) electrons. The quantitative estimate of drug-likeness (QED) is 0.773. The van der Waals surface area contributed by atoms with Crippen LogP contribution in [-0.2, 0) is 11.3 Å². The molecule has 0 aliphatic carbocycles. The van der Waals surface area contributed by atoms with E-state index in [1.54, 1.807) is 0 Å². The Balaban J connectivity index is 0.00000338. The number of aryl methyl sites for hydroxylation is 1. The second-order valence-corrected chi connectivity index (χ2v) is 8.39. The van der Waals surface area contributed by atoms with Crippen molar-refractivity contribution in [2.45, 2.75) is 66.0 Å². The van der Waals surface area contributed by atoms with Gasteiger partial charge in [-0.25, -0.2) is 0 Å². The molecular weight excluding hydrogens is 348 g/mol. The third kappa shape index (κ3) is 7.55. The summed E-state index contributed by atoms with van der Waals surface area (Å²) in [5, 5.41) is 6.51. The molecule has 1 aromatic rings. The van der Waals surface area contributed by atoms with Crippen molar-refractivity contribution in [1.29, 1.82) is 0 Å². The summed E-state index contributed by atoms with van der Waals surface area (Å²) in [6.45, 7) is 13.0. The number of carbonyl (C=O) groups excluding carboxylic acids is 1. The molecule has 1 heterocycles. The first-order valence-corrected chi connectivity index (χ1v) is 9.50. The molecule has 0 bridgehead atoms. The standard InChI is InChI=1S/C21H34N2O2.ClH/c1-15-8-9-18(19(11-15)25-21(3,4)5)14-23-20(24)12-16(2)17-7-6-10-22-13-17;/h8-9,11,16-17,22H,6-7,10,12-14H2,1-5H3,(H,23,24);1H. The minimum absolute atomic E-state index is 0. The van der Waals surface area contributed by atoms with Crippen LogP contribution in [0.4, 0.5) is 0 Å². The SMILES string of the molecule is Cc1ccc(CNC(=O)CC(C)C2CCCNC2)c(OC(C)(C)C)c1.Cl. The number of amides is 1. The van der Waals surface area contributed by atoms with Crippen molar-refractivity contribution in [1.82, 2.24) is 10.6 Å². The molecule has 148 valence electrons. The summed E-state index contributed by atoms with van der Waals surface area (Å²) >= 11 is 0.